The fourth-order valence-corrected chi connectivity index (χ4v) is 2.80. The Hall–Kier alpha value is -2.53. The molecule has 0 atom stereocenters. The third-order valence-corrected chi connectivity index (χ3v) is 4.13. The summed E-state index contributed by atoms with van der Waals surface area (Å²) in [6.45, 7) is 0.129. The lowest BCUT2D eigenvalue weighted by Gasteiger charge is -2.14. The molecule has 0 bridgehead atoms. The quantitative estimate of drug-likeness (QED) is 0.793. The molecule has 0 spiro atoms. The molecule has 0 N–H and O–H groups in total. The van der Waals surface area contributed by atoms with E-state index in [1.54, 1.807) is 12.1 Å². The van der Waals surface area contributed by atoms with Gasteiger partial charge in [0.2, 0.25) is 0 Å². The van der Waals surface area contributed by atoms with Gasteiger partial charge in [-0.15, -0.1) is 0 Å². The third-order valence-electron chi connectivity index (χ3n) is 3.78. The van der Waals surface area contributed by atoms with E-state index in [4.69, 9.17) is 11.6 Å². The van der Waals surface area contributed by atoms with E-state index in [0.29, 0.717) is 12.0 Å². The third kappa shape index (κ3) is 3.08. The summed E-state index contributed by atoms with van der Waals surface area (Å²) >= 11 is 6.02. The van der Waals surface area contributed by atoms with E-state index in [0.717, 1.165) is 10.5 Å². The number of carbonyl (C=O) groups excluding carboxylic acids is 2. The van der Waals surface area contributed by atoms with Gasteiger partial charge in [-0.2, -0.15) is 0 Å². The summed E-state index contributed by atoms with van der Waals surface area (Å²) in [6, 6.07) is 11.0. The highest BCUT2D eigenvalue weighted by atomic mass is 35.5. The van der Waals surface area contributed by atoms with Gasteiger partial charge in [0.1, 0.15) is 16.7 Å². The summed E-state index contributed by atoms with van der Waals surface area (Å²) < 4.78 is 25.9. The van der Waals surface area contributed by atoms with E-state index >= 15 is 0 Å². The van der Waals surface area contributed by atoms with Crippen LogP contribution < -0.4 is 0 Å². The van der Waals surface area contributed by atoms with E-state index in [1.165, 1.54) is 36.4 Å². The van der Waals surface area contributed by atoms with Crippen LogP contribution in [0.3, 0.4) is 0 Å². The maximum absolute atomic E-state index is 13.0. The maximum atomic E-state index is 13.0. The predicted octanol–water partition coefficient (Wildman–Crippen LogP) is 3.53. The highest BCUT2D eigenvalue weighted by molar-refractivity contribution is 6.55. The number of hydrogen-bond acceptors (Lipinski definition) is 2. The number of rotatable bonds is 4. The monoisotopic (exact) mass is 347 g/mol. The first-order valence-electron chi connectivity index (χ1n) is 7.23. The van der Waals surface area contributed by atoms with Crippen LogP contribution in [-0.4, -0.2) is 23.3 Å². The normalized spacial score (nSPS) is 14.7. The van der Waals surface area contributed by atoms with Crippen molar-refractivity contribution >= 4 is 29.0 Å². The second kappa shape index (κ2) is 6.53. The van der Waals surface area contributed by atoms with Crippen LogP contribution in [0.1, 0.15) is 11.1 Å². The van der Waals surface area contributed by atoms with Crippen molar-refractivity contribution in [3.8, 4) is 0 Å². The molecular formula is C18H12ClF2NO2. The minimum Gasteiger partial charge on any atom is -0.273 e. The average Bonchev–Trinajstić information content (AvgIpc) is 2.78. The van der Waals surface area contributed by atoms with Gasteiger partial charge < -0.3 is 0 Å². The Kier molecular flexibility index (Phi) is 4.44. The van der Waals surface area contributed by atoms with Crippen LogP contribution in [0.2, 0.25) is 0 Å². The van der Waals surface area contributed by atoms with Crippen LogP contribution in [0.5, 0.6) is 0 Å². The SMILES string of the molecule is O=C1C(Cl)=C(c2ccc(F)cc2)C(=O)N1CCc1ccc(F)cc1. The molecule has 3 nitrogen and oxygen atoms in total. The lowest BCUT2D eigenvalue weighted by Crippen LogP contribution is -2.33. The lowest BCUT2D eigenvalue weighted by atomic mass is 10.1. The Morgan fingerprint density at radius 1 is 0.833 bits per heavy atom. The zero-order valence-corrected chi connectivity index (χ0v) is 13.2. The highest BCUT2D eigenvalue weighted by Gasteiger charge is 2.37. The van der Waals surface area contributed by atoms with Gasteiger partial charge in [-0.1, -0.05) is 35.9 Å². The van der Waals surface area contributed by atoms with Crippen molar-refractivity contribution in [2.75, 3.05) is 6.54 Å². The summed E-state index contributed by atoms with van der Waals surface area (Å²) in [5.41, 5.74) is 1.26. The Balaban J connectivity index is 1.78. The minimum absolute atomic E-state index is 0.0702. The van der Waals surface area contributed by atoms with Gasteiger partial charge >= 0.3 is 0 Å². The first-order valence-corrected chi connectivity index (χ1v) is 7.61. The number of imide groups is 1. The van der Waals surface area contributed by atoms with Crippen LogP contribution in [0.15, 0.2) is 53.6 Å². The summed E-state index contributed by atoms with van der Waals surface area (Å²) in [5.74, 6) is -1.89. The number of benzene rings is 2. The molecule has 1 heterocycles. The van der Waals surface area contributed by atoms with Gasteiger partial charge in [0, 0.05) is 6.54 Å². The van der Waals surface area contributed by atoms with Crippen molar-refractivity contribution in [2.45, 2.75) is 6.42 Å². The van der Waals surface area contributed by atoms with Crippen LogP contribution in [0, 0.1) is 11.6 Å². The van der Waals surface area contributed by atoms with E-state index in [1.807, 2.05) is 0 Å². The molecule has 0 aliphatic carbocycles. The summed E-state index contributed by atoms with van der Waals surface area (Å²) in [7, 11) is 0. The number of carbonyl (C=O) groups is 2. The second-order valence-electron chi connectivity index (χ2n) is 5.33. The van der Waals surface area contributed by atoms with E-state index < -0.39 is 17.6 Å². The van der Waals surface area contributed by atoms with Gasteiger partial charge in [0.25, 0.3) is 11.8 Å². The van der Waals surface area contributed by atoms with E-state index in [9.17, 15) is 18.4 Å². The molecule has 0 saturated carbocycles. The summed E-state index contributed by atoms with van der Waals surface area (Å²) in [6.07, 6.45) is 0.388. The zero-order chi connectivity index (χ0) is 17.3. The predicted molar refractivity (Wildman–Crippen MR) is 86.0 cm³/mol. The molecule has 0 saturated heterocycles. The van der Waals surface area contributed by atoms with Crippen LogP contribution >= 0.6 is 11.6 Å². The Morgan fingerprint density at radius 2 is 1.38 bits per heavy atom. The molecule has 3 rings (SSSR count). The van der Waals surface area contributed by atoms with Gasteiger partial charge in [-0.05, 0) is 41.8 Å². The zero-order valence-electron chi connectivity index (χ0n) is 12.4. The largest absolute Gasteiger partial charge is 0.273 e. The number of amides is 2. The lowest BCUT2D eigenvalue weighted by molar-refractivity contribution is -0.136. The molecule has 1 aliphatic rings. The van der Waals surface area contributed by atoms with Crippen molar-refractivity contribution in [1.29, 1.82) is 0 Å². The molecule has 2 amide bonds. The first kappa shape index (κ1) is 16.3. The van der Waals surface area contributed by atoms with Gasteiger partial charge in [0.05, 0.1) is 5.57 Å². The van der Waals surface area contributed by atoms with Crippen molar-refractivity contribution < 1.29 is 18.4 Å². The molecular weight excluding hydrogens is 336 g/mol. The molecule has 122 valence electrons. The van der Waals surface area contributed by atoms with Gasteiger partial charge in [-0.3, -0.25) is 14.5 Å². The summed E-state index contributed by atoms with van der Waals surface area (Å²) in [4.78, 5) is 25.8. The highest BCUT2D eigenvalue weighted by Crippen LogP contribution is 2.31. The van der Waals surface area contributed by atoms with Crippen molar-refractivity contribution in [1.82, 2.24) is 4.90 Å². The average molecular weight is 348 g/mol. The summed E-state index contributed by atoms with van der Waals surface area (Å²) in [5, 5.41) is -0.175. The standard InChI is InChI=1S/C18H12ClF2NO2/c19-16-15(12-3-7-14(21)8-4-12)17(23)22(18(16)24)10-9-11-1-5-13(20)6-2-11/h1-8H,9-10H2. The van der Waals surface area contributed by atoms with Crippen LogP contribution in [0.25, 0.3) is 5.57 Å². The first-order chi connectivity index (χ1) is 11.5. The Morgan fingerprint density at radius 3 is 1.96 bits per heavy atom. The fourth-order valence-electron chi connectivity index (χ4n) is 2.51. The number of halogens is 3. The molecule has 1 aliphatic heterocycles. The molecule has 6 heteroatoms. The molecule has 2 aromatic carbocycles. The minimum atomic E-state index is -0.580. The number of hydrogen-bond donors (Lipinski definition) is 0. The Labute approximate surface area is 142 Å². The molecule has 0 fully saturated rings. The van der Waals surface area contributed by atoms with E-state index in [2.05, 4.69) is 0 Å². The fraction of sp³-hybridized carbons (Fsp3) is 0.111. The molecule has 24 heavy (non-hydrogen) atoms. The molecule has 0 unspecified atom stereocenters. The smallest absolute Gasteiger partial charge is 0.273 e. The molecule has 2 aromatic rings. The van der Waals surface area contributed by atoms with Gasteiger partial charge in [-0.25, -0.2) is 8.78 Å². The number of nitrogens with zero attached hydrogens (tertiary/aromatic N) is 1. The topological polar surface area (TPSA) is 37.4 Å². The van der Waals surface area contributed by atoms with Crippen molar-refractivity contribution in [2.24, 2.45) is 0 Å². The van der Waals surface area contributed by atoms with Crippen molar-refractivity contribution in [3.05, 3.63) is 76.3 Å². The van der Waals surface area contributed by atoms with E-state index in [-0.39, 0.29) is 23.0 Å². The molecule has 0 aromatic heterocycles. The van der Waals surface area contributed by atoms with Crippen molar-refractivity contribution in [3.63, 3.8) is 0 Å². The van der Waals surface area contributed by atoms with Gasteiger partial charge in [0.15, 0.2) is 0 Å². The maximum Gasteiger partial charge on any atom is 0.273 e. The second-order valence-corrected chi connectivity index (χ2v) is 5.71. The Bertz CT molecular complexity index is 829. The van der Waals surface area contributed by atoms with Crippen LogP contribution in [0.4, 0.5) is 8.78 Å². The molecule has 0 radical (unpaired) electrons. The van der Waals surface area contributed by atoms with Crippen LogP contribution in [-0.2, 0) is 16.0 Å².